The summed E-state index contributed by atoms with van der Waals surface area (Å²) in [6.45, 7) is 3.22. The first-order chi connectivity index (χ1) is 12.8. The van der Waals surface area contributed by atoms with E-state index in [4.69, 9.17) is 4.74 Å². The smallest absolute Gasteiger partial charge is 0.239 e. The van der Waals surface area contributed by atoms with Gasteiger partial charge in [-0.1, -0.05) is 0 Å². The fourth-order valence-electron chi connectivity index (χ4n) is 2.90. The highest BCUT2D eigenvalue weighted by Crippen LogP contribution is 2.21. The Balaban J connectivity index is 1.51. The molecule has 1 aliphatic rings. The Bertz CT molecular complexity index is 910. The van der Waals surface area contributed by atoms with E-state index < -0.39 is 0 Å². The molecular weight excluding hydrogens is 330 g/mol. The minimum atomic E-state index is -0.0813. The van der Waals surface area contributed by atoms with Crippen LogP contribution in [0.4, 0.5) is 5.82 Å². The zero-order chi connectivity index (χ0) is 17.8. The molecule has 1 N–H and O–H groups in total. The molecule has 1 saturated heterocycles. The summed E-state index contributed by atoms with van der Waals surface area (Å²) in [7, 11) is 0. The van der Waals surface area contributed by atoms with Crippen LogP contribution < -0.4 is 5.32 Å². The zero-order valence-corrected chi connectivity index (χ0v) is 14.3. The largest absolute Gasteiger partial charge is 0.379 e. The van der Waals surface area contributed by atoms with E-state index in [1.165, 1.54) is 0 Å². The average molecular weight is 349 g/mol. The molecule has 4 rings (SSSR count). The maximum absolute atomic E-state index is 12.2. The monoisotopic (exact) mass is 349 g/mol. The van der Waals surface area contributed by atoms with Crippen LogP contribution in [-0.4, -0.2) is 58.6 Å². The van der Waals surface area contributed by atoms with Gasteiger partial charge in [0.15, 0.2) is 0 Å². The fraction of sp³-hybridized carbons (Fsp3) is 0.263. The Labute approximate surface area is 151 Å². The van der Waals surface area contributed by atoms with Crippen LogP contribution in [0.15, 0.2) is 48.9 Å². The van der Waals surface area contributed by atoms with Crippen molar-refractivity contribution in [2.75, 3.05) is 38.2 Å². The summed E-state index contributed by atoms with van der Waals surface area (Å²) in [5.74, 6) is 0.425. The number of anilines is 1. The molecular formula is C19H19N5O2. The second-order valence-corrected chi connectivity index (χ2v) is 6.14. The number of aromatic nitrogens is 3. The van der Waals surface area contributed by atoms with Gasteiger partial charge in [0.1, 0.15) is 5.82 Å². The first-order valence-electron chi connectivity index (χ1n) is 8.55. The molecule has 26 heavy (non-hydrogen) atoms. The van der Waals surface area contributed by atoms with Gasteiger partial charge in [0, 0.05) is 48.7 Å². The van der Waals surface area contributed by atoms with Crippen molar-refractivity contribution in [2.45, 2.75) is 0 Å². The van der Waals surface area contributed by atoms with Crippen molar-refractivity contribution < 1.29 is 9.53 Å². The summed E-state index contributed by atoms with van der Waals surface area (Å²) in [4.78, 5) is 27.4. The minimum Gasteiger partial charge on any atom is -0.379 e. The third-order valence-corrected chi connectivity index (χ3v) is 4.27. The summed E-state index contributed by atoms with van der Waals surface area (Å²) in [5.41, 5.74) is 2.56. The number of hydrogen-bond acceptors (Lipinski definition) is 6. The van der Waals surface area contributed by atoms with Gasteiger partial charge in [-0.2, -0.15) is 0 Å². The molecule has 7 nitrogen and oxygen atoms in total. The van der Waals surface area contributed by atoms with Crippen molar-refractivity contribution in [1.29, 1.82) is 0 Å². The molecule has 3 aromatic rings. The van der Waals surface area contributed by atoms with E-state index >= 15 is 0 Å². The van der Waals surface area contributed by atoms with Crippen LogP contribution in [0, 0.1) is 0 Å². The SMILES string of the molecule is O=C(CN1CCOCC1)Nc1cc2nc(-c3cccnc3)ccc2cn1. The molecule has 1 aliphatic heterocycles. The number of fused-ring (bicyclic) bond motifs is 1. The predicted octanol–water partition coefficient (Wildman–Crippen LogP) is 1.96. The molecule has 4 heterocycles. The molecule has 3 aromatic heterocycles. The van der Waals surface area contributed by atoms with Gasteiger partial charge in [-0.05, 0) is 24.3 Å². The Morgan fingerprint density at radius 2 is 2.08 bits per heavy atom. The van der Waals surface area contributed by atoms with Crippen LogP contribution in [0.5, 0.6) is 0 Å². The van der Waals surface area contributed by atoms with Gasteiger partial charge in [-0.3, -0.25) is 14.7 Å². The fourth-order valence-corrected chi connectivity index (χ4v) is 2.90. The summed E-state index contributed by atoms with van der Waals surface area (Å²) < 4.78 is 5.30. The molecule has 0 aromatic carbocycles. The second-order valence-electron chi connectivity index (χ2n) is 6.14. The molecule has 0 saturated carbocycles. The Morgan fingerprint density at radius 1 is 1.19 bits per heavy atom. The molecule has 0 spiro atoms. The number of ether oxygens (including phenoxy) is 1. The van der Waals surface area contributed by atoms with Gasteiger partial charge in [-0.25, -0.2) is 9.97 Å². The lowest BCUT2D eigenvalue weighted by Gasteiger charge is -2.25. The van der Waals surface area contributed by atoms with E-state index in [9.17, 15) is 4.79 Å². The van der Waals surface area contributed by atoms with Crippen molar-refractivity contribution in [1.82, 2.24) is 19.9 Å². The van der Waals surface area contributed by atoms with Crippen LogP contribution in [0.2, 0.25) is 0 Å². The third-order valence-electron chi connectivity index (χ3n) is 4.27. The van der Waals surface area contributed by atoms with Crippen LogP contribution >= 0.6 is 0 Å². The zero-order valence-electron chi connectivity index (χ0n) is 14.3. The van der Waals surface area contributed by atoms with Crippen molar-refractivity contribution in [3.05, 3.63) is 48.9 Å². The highest BCUT2D eigenvalue weighted by Gasteiger charge is 2.14. The lowest BCUT2D eigenvalue weighted by molar-refractivity contribution is -0.118. The van der Waals surface area contributed by atoms with E-state index in [0.717, 1.165) is 35.2 Å². The third kappa shape index (κ3) is 3.84. The Hall–Kier alpha value is -2.90. The van der Waals surface area contributed by atoms with Gasteiger partial charge in [0.25, 0.3) is 0 Å². The standard InChI is InChI=1S/C19H19N5O2/c25-19(13-24-6-8-26-9-7-24)23-18-10-17-15(12-21-18)3-4-16(22-17)14-2-1-5-20-11-14/h1-5,10-12H,6-9,13H2,(H,21,23,25). The topological polar surface area (TPSA) is 80.2 Å². The first kappa shape index (κ1) is 16.6. The number of carbonyl (C=O) groups is 1. The molecule has 0 bridgehead atoms. The Morgan fingerprint density at radius 3 is 2.88 bits per heavy atom. The Kier molecular flexibility index (Phi) is 4.81. The average Bonchev–Trinajstić information content (AvgIpc) is 2.69. The van der Waals surface area contributed by atoms with Crippen LogP contribution in [0.3, 0.4) is 0 Å². The number of morpholine rings is 1. The van der Waals surface area contributed by atoms with Gasteiger partial charge >= 0.3 is 0 Å². The first-order valence-corrected chi connectivity index (χ1v) is 8.55. The highest BCUT2D eigenvalue weighted by molar-refractivity contribution is 5.93. The second kappa shape index (κ2) is 7.55. The lowest BCUT2D eigenvalue weighted by Crippen LogP contribution is -2.41. The van der Waals surface area contributed by atoms with Crippen molar-refractivity contribution in [2.24, 2.45) is 0 Å². The molecule has 0 unspecified atom stereocenters. The van der Waals surface area contributed by atoms with Gasteiger partial charge < -0.3 is 10.1 Å². The van der Waals surface area contributed by atoms with Gasteiger partial charge in [0.05, 0.1) is 31.0 Å². The van der Waals surface area contributed by atoms with Crippen LogP contribution in [-0.2, 0) is 9.53 Å². The van der Waals surface area contributed by atoms with Crippen molar-refractivity contribution in [3.8, 4) is 11.3 Å². The van der Waals surface area contributed by atoms with Gasteiger partial charge in [-0.15, -0.1) is 0 Å². The van der Waals surface area contributed by atoms with E-state index in [0.29, 0.717) is 25.6 Å². The normalized spacial score (nSPS) is 15.1. The van der Waals surface area contributed by atoms with Gasteiger partial charge in [0.2, 0.25) is 5.91 Å². The summed E-state index contributed by atoms with van der Waals surface area (Å²) in [5, 5.41) is 3.78. The highest BCUT2D eigenvalue weighted by atomic mass is 16.5. The van der Waals surface area contributed by atoms with Crippen LogP contribution in [0.1, 0.15) is 0 Å². The van der Waals surface area contributed by atoms with E-state index in [2.05, 4.69) is 25.2 Å². The predicted molar refractivity (Wildman–Crippen MR) is 98.7 cm³/mol. The molecule has 0 aliphatic carbocycles. The molecule has 7 heteroatoms. The number of amides is 1. The minimum absolute atomic E-state index is 0.0813. The quantitative estimate of drug-likeness (QED) is 0.776. The number of nitrogens with zero attached hydrogens (tertiary/aromatic N) is 4. The van der Waals surface area contributed by atoms with E-state index in [-0.39, 0.29) is 5.91 Å². The number of carbonyl (C=O) groups excluding carboxylic acids is 1. The maximum atomic E-state index is 12.2. The van der Waals surface area contributed by atoms with E-state index in [1.807, 2.05) is 24.3 Å². The van der Waals surface area contributed by atoms with Crippen LogP contribution in [0.25, 0.3) is 22.2 Å². The molecule has 1 fully saturated rings. The lowest BCUT2D eigenvalue weighted by atomic mass is 10.1. The summed E-state index contributed by atoms with van der Waals surface area (Å²) in [6, 6.07) is 9.56. The number of hydrogen-bond donors (Lipinski definition) is 1. The number of rotatable bonds is 4. The van der Waals surface area contributed by atoms with Crippen molar-refractivity contribution in [3.63, 3.8) is 0 Å². The number of pyridine rings is 3. The van der Waals surface area contributed by atoms with E-state index in [1.54, 1.807) is 24.7 Å². The number of nitrogens with one attached hydrogen (secondary N) is 1. The summed E-state index contributed by atoms with van der Waals surface area (Å²) >= 11 is 0. The summed E-state index contributed by atoms with van der Waals surface area (Å²) in [6.07, 6.45) is 5.23. The molecule has 1 amide bonds. The maximum Gasteiger partial charge on any atom is 0.239 e. The molecule has 0 radical (unpaired) electrons. The van der Waals surface area contributed by atoms with Crippen molar-refractivity contribution >= 4 is 22.6 Å². The molecule has 0 atom stereocenters. The molecule has 132 valence electrons.